The lowest BCUT2D eigenvalue weighted by atomic mass is 10.7. The first kappa shape index (κ1) is 8.95. The Hall–Kier alpha value is -1.14. The molecule has 6 nitrogen and oxygen atoms in total. The summed E-state index contributed by atoms with van der Waals surface area (Å²) < 4.78 is -0.267. The number of quaternary nitrogens is 1. The molecule has 0 aliphatic carbocycles. The second-order valence-corrected chi connectivity index (χ2v) is 3.22. The molecule has 12 heavy (non-hydrogen) atoms. The fourth-order valence-electron chi connectivity index (χ4n) is 0.955. The van der Waals surface area contributed by atoms with Crippen molar-refractivity contribution in [1.29, 1.82) is 0 Å². The molecule has 0 radical (unpaired) electrons. The Morgan fingerprint density at radius 2 is 2.00 bits per heavy atom. The smallest absolute Gasteiger partial charge is 0.464 e. The van der Waals surface area contributed by atoms with E-state index in [0.29, 0.717) is 0 Å². The van der Waals surface area contributed by atoms with Crippen LogP contribution in [0.15, 0.2) is 5.10 Å². The maximum Gasteiger partial charge on any atom is 0.464 e. The molecule has 0 aromatic rings. The van der Waals surface area contributed by atoms with Crippen molar-refractivity contribution in [3.05, 3.63) is 0 Å². The molecule has 0 saturated carbocycles. The van der Waals surface area contributed by atoms with Gasteiger partial charge in [0.2, 0.25) is 0 Å². The average molecular weight is 172 g/mol. The van der Waals surface area contributed by atoms with E-state index >= 15 is 0 Å². The van der Waals surface area contributed by atoms with Crippen LogP contribution in [0.2, 0.25) is 0 Å². The van der Waals surface area contributed by atoms with Gasteiger partial charge < -0.3 is 5.11 Å². The molecule has 68 valence electrons. The molecule has 1 heterocycles. The number of urea groups is 1. The zero-order valence-electron chi connectivity index (χ0n) is 7.61. The van der Waals surface area contributed by atoms with Gasteiger partial charge in [0, 0.05) is 14.1 Å². The molecule has 0 atom stereocenters. The molecule has 0 aromatic carbocycles. The molecule has 0 aromatic heterocycles. The normalized spacial score (nSPS) is 21.9. The van der Waals surface area contributed by atoms with Crippen LogP contribution in [-0.4, -0.2) is 54.9 Å². The Balaban J connectivity index is 2.97. The monoisotopic (exact) mass is 172 g/mol. The highest BCUT2D eigenvalue weighted by molar-refractivity contribution is 5.90. The van der Waals surface area contributed by atoms with E-state index in [9.17, 15) is 9.90 Å². The molecule has 0 fully saturated rings. The Morgan fingerprint density at radius 3 is 2.17 bits per heavy atom. The predicted octanol–water partition coefficient (Wildman–Crippen LogP) is -1.39. The standard InChI is InChI=1S/C6H12N4O2/c1-8(2)9-5(11)7-10(3,4)6(9)12/h1-4H3. The van der Waals surface area contributed by atoms with Crippen LogP contribution in [0.3, 0.4) is 0 Å². The van der Waals surface area contributed by atoms with E-state index in [1.165, 1.54) is 5.01 Å². The van der Waals surface area contributed by atoms with Crippen LogP contribution >= 0.6 is 0 Å². The van der Waals surface area contributed by atoms with Gasteiger partial charge in [-0.05, 0) is 0 Å². The SMILES string of the molecule is CN(C)N1C(=O)[N+](C)(C)N=C1[O-]. The summed E-state index contributed by atoms with van der Waals surface area (Å²) in [5.41, 5.74) is 0. The Bertz CT molecular complexity index is 246. The first-order chi connectivity index (χ1) is 5.36. The molecular weight excluding hydrogens is 160 g/mol. The Morgan fingerprint density at radius 1 is 1.50 bits per heavy atom. The number of carbonyl (C=O) groups is 1. The molecule has 2 amide bonds. The molecule has 0 N–H and O–H groups in total. The molecule has 1 aliphatic heterocycles. The molecule has 0 bridgehead atoms. The van der Waals surface area contributed by atoms with E-state index in [1.807, 2.05) is 0 Å². The molecule has 0 unspecified atom stereocenters. The van der Waals surface area contributed by atoms with Crippen LogP contribution in [-0.2, 0) is 0 Å². The average Bonchev–Trinajstić information content (AvgIpc) is 2.02. The number of hydrogen-bond acceptors (Lipinski definition) is 4. The number of amidine groups is 1. The fourth-order valence-corrected chi connectivity index (χ4v) is 0.955. The predicted molar refractivity (Wildman–Crippen MR) is 40.5 cm³/mol. The van der Waals surface area contributed by atoms with Crippen LogP contribution in [0.1, 0.15) is 0 Å². The maximum atomic E-state index is 11.4. The number of nitrogens with zero attached hydrogens (tertiary/aromatic N) is 4. The van der Waals surface area contributed by atoms with Crippen LogP contribution in [0.5, 0.6) is 0 Å². The van der Waals surface area contributed by atoms with Crippen molar-refractivity contribution in [1.82, 2.24) is 10.0 Å². The van der Waals surface area contributed by atoms with E-state index in [4.69, 9.17) is 0 Å². The highest BCUT2D eigenvalue weighted by atomic mass is 16.3. The number of hydrogen-bond donors (Lipinski definition) is 0. The van der Waals surface area contributed by atoms with Gasteiger partial charge in [0.15, 0.2) is 0 Å². The second kappa shape index (κ2) is 2.43. The minimum absolute atomic E-state index is 0.267. The van der Waals surface area contributed by atoms with Crippen LogP contribution in [0, 0.1) is 0 Å². The van der Waals surface area contributed by atoms with Gasteiger partial charge in [0.05, 0.1) is 0 Å². The van der Waals surface area contributed by atoms with Crippen molar-refractivity contribution in [3.63, 3.8) is 0 Å². The Labute approximate surface area is 70.8 Å². The van der Waals surface area contributed by atoms with Gasteiger partial charge in [-0.1, -0.05) is 5.10 Å². The lowest BCUT2D eigenvalue weighted by molar-refractivity contribution is -0.814. The van der Waals surface area contributed by atoms with E-state index < -0.39 is 6.02 Å². The molecule has 0 spiro atoms. The van der Waals surface area contributed by atoms with Gasteiger partial charge >= 0.3 is 6.03 Å². The quantitative estimate of drug-likeness (QED) is 0.457. The third kappa shape index (κ3) is 1.15. The minimum atomic E-state index is -0.519. The topological polar surface area (TPSA) is 59.0 Å². The summed E-state index contributed by atoms with van der Waals surface area (Å²) in [6.07, 6.45) is 0. The summed E-state index contributed by atoms with van der Waals surface area (Å²) in [6.45, 7) is 0. The van der Waals surface area contributed by atoms with Crippen molar-refractivity contribution in [2.45, 2.75) is 0 Å². The van der Waals surface area contributed by atoms with Crippen molar-refractivity contribution < 1.29 is 14.5 Å². The molecular formula is C6H12N4O2. The van der Waals surface area contributed by atoms with Gasteiger partial charge in [0.1, 0.15) is 20.1 Å². The second-order valence-electron chi connectivity index (χ2n) is 3.22. The largest absolute Gasteiger partial charge is 0.841 e. The van der Waals surface area contributed by atoms with Gasteiger partial charge in [-0.15, -0.1) is 4.59 Å². The van der Waals surface area contributed by atoms with Crippen molar-refractivity contribution in [3.8, 4) is 0 Å². The Kier molecular flexibility index (Phi) is 1.81. The lowest BCUT2D eigenvalue weighted by Gasteiger charge is -2.25. The number of rotatable bonds is 1. The van der Waals surface area contributed by atoms with Crippen LogP contribution in [0.25, 0.3) is 0 Å². The van der Waals surface area contributed by atoms with E-state index in [0.717, 1.165) is 5.01 Å². The van der Waals surface area contributed by atoms with Gasteiger partial charge in [0.25, 0.3) is 0 Å². The first-order valence-corrected chi connectivity index (χ1v) is 3.49. The lowest BCUT2D eigenvalue weighted by Crippen LogP contribution is -2.52. The van der Waals surface area contributed by atoms with Gasteiger partial charge in [-0.25, -0.2) is 9.80 Å². The zero-order valence-corrected chi connectivity index (χ0v) is 7.61. The number of carbonyl (C=O) groups excluding carboxylic acids is 1. The number of amides is 2. The zero-order chi connectivity index (χ0) is 9.52. The maximum absolute atomic E-state index is 11.4. The fraction of sp³-hybridized carbons (Fsp3) is 0.667. The van der Waals surface area contributed by atoms with Crippen molar-refractivity contribution in [2.24, 2.45) is 5.10 Å². The first-order valence-electron chi connectivity index (χ1n) is 3.49. The van der Waals surface area contributed by atoms with Crippen LogP contribution in [0.4, 0.5) is 4.79 Å². The van der Waals surface area contributed by atoms with Crippen molar-refractivity contribution in [2.75, 3.05) is 28.2 Å². The van der Waals surface area contributed by atoms with E-state index in [-0.39, 0.29) is 10.6 Å². The van der Waals surface area contributed by atoms with E-state index in [1.54, 1.807) is 28.2 Å². The molecule has 0 saturated heterocycles. The van der Waals surface area contributed by atoms with Crippen LogP contribution < -0.4 is 5.11 Å². The molecule has 1 rings (SSSR count). The highest BCUT2D eigenvalue weighted by Crippen LogP contribution is 2.14. The minimum Gasteiger partial charge on any atom is -0.841 e. The molecule has 1 aliphatic rings. The summed E-state index contributed by atoms with van der Waals surface area (Å²) >= 11 is 0. The molecule has 6 heteroatoms. The number of hydrazine groups is 1. The van der Waals surface area contributed by atoms with Gasteiger partial charge in [-0.2, -0.15) is 5.01 Å². The summed E-state index contributed by atoms with van der Waals surface area (Å²) in [6, 6.07) is -0.861. The summed E-state index contributed by atoms with van der Waals surface area (Å²) in [4.78, 5) is 11.4. The summed E-state index contributed by atoms with van der Waals surface area (Å²) in [5.74, 6) is 0. The summed E-state index contributed by atoms with van der Waals surface area (Å²) in [5, 5.41) is 17.2. The third-order valence-electron chi connectivity index (χ3n) is 1.57. The van der Waals surface area contributed by atoms with E-state index in [2.05, 4.69) is 5.10 Å². The summed E-state index contributed by atoms with van der Waals surface area (Å²) in [7, 11) is 6.36. The van der Waals surface area contributed by atoms with Gasteiger partial charge in [-0.3, -0.25) is 0 Å². The third-order valence-corrected chi connectivity index (χ3v) is 1.57. The van der Waals surface area contributed by atoms with Crippen molar-refractivity contribution >= 4 is 12.1 Å². The highest BCUT2D eigenvalue weighted by Gasteiger charge is 2.41.